The highest BCUT2D eigenvalue weighted by molar-refractivity contribution is 5.89. The van der Waals surface area contributed by atoms with E-state index in [1.54, 1.807) is 6.92 Å². The summed E-state index contributed by atoms with van der Waals surface area (Å²) in [7, 11) is 0. The van der Waals surface area contributed by atoms with Gasteiger partial charge < -0.3 is 10.3 Å². The Balaban J connectivity index is 2.09. The molecule has 0 spiro atoms. The van der Waals surface area contributed by atoms with E-state index in [1.165, 1.54) is 27.6 Å². The smallest absolute Gasteiger partial charge is 0.217 e. The van der Waals surface area contributed by atoms with Gasteiger partial charge in [-0.15, -0.1) is 0 Å². The van der Waals surface area contributed by atoms with Crippen LogP contribution in [0.5, 0.6) is 0 Å². The Hall–Kier alpha value is -1.77. The van der Waals surface area contributed by atoms with Crippen LogP contribution in [0.4, 0.5) is 0 Å². The van der Waals surface area contributed by atoms with Crippen LogP contribution in [0.3, 0.4) is 0 Å². The maximum absolute atomic E-state index is 11.2. The van der Waals surface area contributed by atoms with Gasteiger partial charge >= 0.3 is 0 Å². The normalized spacial score (nSPS) is 18.0. The molecular formula is C15H18N2O. The van der Waals surface area contributed by atoms with Crippen molar-refractivity contribution in [3.8, 4) is 0 Å². The van der Waals surface area contributed by atoms with Crippen LogP contribution in [0.15, 0.2) is 18.3 Å². The lowest BCUT2D eigenvalue weighted by molar-refractivity contribution is -0.119. The second-order valence-electron chi connectivity index (χ2n) is 5.10. The number of aryl methyl sites for hydroxylation is 1. The summed E-state index contributed by atoms with van der Waals surface area (Å²) in [5, 5.41) is 4.44. The average Bonchev–Trinajstić information content (AvgIpc) is 2.73. The van der Waals surface area contributed by atoms with Gasteiger partial charge in [-0.2, -0.15) is 0 Å². The number of nitrogens with one attached hydrogen (secondary N) is 2. The number of aromatic nitrogens is 1. The van der Waals surface area contributed by atoms with E-state index < -0.39 is 0 Å². The molecular weight excluding hydrogens is 224 g/mol. The topological polar surface area (TPSA) is 44.9 Å². The minimum absolute atomic E-state index is 0.0595. The minimum atomic E-state index is 0.0595. The molecule has 1 unspecified atom stereocenters. The zero-order chi connectivity index (χ0) is 12.7. The Bertz CT molecular complexity index is 612. The van der Waals surface area contributed by atoms with Crippen molar-refractivity contribution in [2.24, 2.45) is 0 Å². The monoisotopic (exact) mass is 242 g/mol. The van der Waals surface area contributed by atoms with Gasteiger partial charge in [0, 0.05) is 30.1 Å². The van der Waals surface area contributed by atoms with E-state index in [9.17, 15) is 4.79 Å². The molecule has 0 saturated carbocycles. The van der Waals surface area contributed by atoms with Crippen molar-refractivity contribution in [1.82, 2.24) is 10.3 Å². The molecule has 0 fully saturated rings. The van der Waals surface area contributed by atoms with Gasteiger partial charge in [0.05, 0.1) is 0 Å². The van der Waals surface area contributed by atoms with Gasteiger partial charge in [0.2, 0.25) is 5.91 Å². The molecule has 3 rings (SSSR count). The van der Waals surface area contributed by atoms with E-state index in [0.29, 0.717) is 0 Å². The number of H-pyrrole nitrogens is 1. The summed E-state index contributed by atoms with van der Waals surface area (Å²) < 4.78 is 0. The van der Waals surface area contributed by atoms with Crippen LogP contribution < -0.4 is 5.32 Å². The molecule has 18 heavy (non-hydrogen) atoms. The number of carbonyl (C=O) groups is 1. The molecule has 0 radical (unpaired) electrons. The van der Waals surface area contributed by atoms with Crippen molar-refractivity contribution in [1.29, 1.82) is 0 Å². The number of hydrogen-bond acceptors (Lipinski definition) is 1. The van der Waals surface area contributed by atoms with Crippen molar-refractivity contribution in [3.05, 3.63) is 35.0 Å². The molecule has 2 aromatic rings. The van der Waals surface area contributed by atoms with Crippen molar-refractivity contribution >= 4 is 16.8 Å². The summed E-state index contributed by atoms with van der Waals surface area (Å²) in [5.74, 6) is 0.0595. The molecule has 1 aliphatic rings. The molecule has 1 atom stereocenters. The standard InChI is InChI=1S/C15H18N2O/c1-3-10-4-5-14-15-11(8-16-14)6-12(7-13(10)15)17-9(2)18/h4-5,8,12,16H,3,6-7H2,1-2H3,(H,17,18). The molecule has 1 amide bonds. The second kappa shape index (κ2) is 4.16. The Morgan fingerprint density at radius 1 is 1.44 bits per heavy atom. The molecule has 0 bridgehead atoms. The molecule has 3 heteroatoms. The second-order valence-corrected chi connectivity index (χ2v) is 5.10. The van der Waals surface area contributed by atoms with Crippen molar-refractivity contribution in [2.45, 2.75) is 39.2 Å². The van der Waals surface area contributed by atoms with E-state index in [1.807, 2.05) is 0 Å². The molecule has 1 aromatic heterocycles. The largest absolute Gasteiger partial charge is 0.361 e. The summed E-state index contributed by atoms with van der Waals surface area (Å²) in [4.78, 5) is 14.6. The van der Waals surface area contributed by atoms with E-state index in [4.69, 9.17) is 0 Å². The highest BCUT2D eigenvalue weighted by Crippen LogP contribution is 2.32. The lowest BCUT2D eigenvalue weighted by Crippen LogP contribution is -2.38. The van der Waals surface area contributed by atoms with E-state index in [0.717, 1.165) is 19.3 Å². The van der Waals surface area contributed by atoms with Crippen molar-refractivity contribution < 1.29 is 4.79 Å². The van der Waals surface area contributed by atoms with Crippen LogP contribution in [0.25, 0.3) is 10.9 Å². The summed E-state index contributed by atoms with van der Waals surface area (Å²) in [6.07, 6.45) is 5.01. The molecule has 2 N–H and O–H groups in total. The fourth-order valence-electron chi connectivity index (χ4n) is 3.11. The highest BCUT2D eigenvalue weighted by atomic mass is 16.1. The fraction of sp³-hybridized carbons (Fsp3) is 0.400. The number of amides is 1. The molecule has 0 saturated heterocycles. The summed E-state index contributed by atoms with van der Waals surface area (Å²) >= 11 is 0. The van der Waals surface area contributed by atoms with Gasteiger partial charge in [0.1, 0.15) is 0 Å². The third-order valence-corrected chi connectivity index (χ3v) is 3.84. The van der Waals surface area contributed by atoms with Crippen molar-refractivity contribution in [3.63, 3.8) is 0 Å². The predicted molar refractivity (Wildman–Crippen MR) is 72.7 cm³/mol. The third-order valence-electron chi connectivity index (χ3n) is 3.84. The maximum Gasteiger partial charge on any atom is 0.217 e. The van der Waals surface area contributed by atoms with Gasteiger partial charge in [-0.3, -0.25) is 4.79 Å². The Morgan fingerprint density at radius 3 is 3.00 bits per heavy atom. The highest BCUT2D eigenvalue weighted by Gasteiger charge is 2.23. The van der Waals surface area contributed by atoms with Crippen LogP contribution in [-0.4, -0.2) is 16.9 Å². The average molecular weight is 242 g/mol. The van der Waals surface area contributed by atoms with Gasteiger partial charge in [0.15, 0.2) is 0 Å². The first kappa shape index (κ1) is 11.3. The minimum Gasteiger partial charge on any atom is -0.361 e. The number of carbonyl (C=O) groups excluding carboxylic acids is 1. The Labute approximate surface area is 107 Å². The van der Waals surface area contributed by atoms with Gasteiger partial charge in [-0.25, -0.2) is 0 Å². The van der Waals surface area contributed by atoms with Gasteiger partial charge in [-0.05, 0) is 42.0 Å². The zero-order valence-corrected chi connectivity index (χ0v) is 10.8. The molecule has 0 aliphatic heterocycles. The SMILES string of the molecule is CCc1ccc2[nH]cc3c2c1CC(NC(C)=O)C3. The van der Waals surface area contributed by atoms with Crippen LogP contribution in [-0.2, 0) is 24.1 Å². The first-order valence-corrected chi connectivity index (χ1v) is 6.57. The zero-order valence-electron chi connectivity index (χ0n) is 10.8. The lowest BCUT2D eigenvalue weighted by atomic mass is 9.86. The predicted octanol–water partition coefficient (Wildman–Crippen LogP) is 2.33. The van der Waals surface area contributed by atoms with E-state index in [2.05, 4.69) is 35.6 Å². The molecule has 3 nitrogen and oxygen atoms in total. The third kappa shape index (κ3) is 1.70. The number of hydrogen-bond donors (Lipinski definition) is 2. The van der Waals surface area contributed by atoms with E-state index >= 15 is 0 Å². The molecule has 94 valence electrons. The molecule has 1 aromatic carbocycles. The van der Waals surface area contributed by atoms with Gasteiger partial charge in [0.25, 0.3) is 0 Å². The Kier molecular flexibility index (Phi) is 2.62. The van der Waals surface area contributed by atoms with E-state index in [-0.39, 0.29) is 11.9 Å². The maximum atomic E-state index is 11.2. The van der Waals surface area contributed by atoms with Crippen molar-refractivity contribution in [2.75, 3.05) is 0 Å². The quantitative estimate of drug-likeness (QED) is 0.834. The summed E-state index contributed by atoms with van der Waals surface area (Å²) in [6.45, 7) is 3.78. The van der Waals surface area contributed by atoms with Crippen LogP contribution in [0.1, 0.15) is 30.5 Å². The first-order chi connectivity index (χ1) is 8.69. The van der Waals surface area contributed by atoms with Crippen LogP contribution in [0, 0.1) is 0 Å². The number of aromatic amines is 1. The lowest BCUT2D eigenvalue weighted by Gasteiger charge is -2.25. The van der Waals surface area contributed by atoms with Crippen LogP contribution in [0.2, 0.25) is 0 Å². The summed E-state index contributed by atoms with van der Waals surface area (Å²) in [6, 6.07) is 4.61. The van der Waals surface area contributed by atoms with Gasteiger partial charge in [-0.1, -0.05) is 13.0 Å². The molecule has 1 aliphatic carbocycles. The fourth-order valence-corrected chi connectivity index (χ4v) is 3.11. The number of benzene rings is 1. The first-order valence-electron chi connectivity index (χ1n) is 6.57. The number of rotatable bonds is 2. The molecule has 1 heterocycles. The van der Waals surface area contributed by atoms with Crippen LogP contribution >= 0.6 is 0 Å². The summed E-state index contributed by atoms with van der Waals surface area (Å²) in [5.41, 5.74) is 5.37. The Morgan fingerprint density at radius 2 is 2.28 bits per heavy atom.